The Morgan fingerprint density at radius 1 is 1.25 bits per heavy atom. The first-order valence-corrected chi connectivity index (χ1v) is 10.2. The fourth-order valence-electron chi connectivity index (χ4n) is 3.17. The summed E-state index contributed by atoms with van der Waals surface area (Å²) in [6, 6.07) is 7.62. The molecule has 3 aromatic rings. The van der Waals surface area contributed by atoms with Gasteiger partial charge in [-0.3, -0.25) is 4.79 Å². The van der Waals surface area contributed by atoms with E-state index in [0.29, 0.717) is 10.9 Å². The quantitative estimate of drug-likeness (QED) is 0.665. The van der Waals surface area contributed by atoms with E-state index in [1.807, 2.05) is 50.4 Å². The molecule has 0 bridgehead atoms. The molecular formula is C20H22N4O3S. The summed E-state index contributed by atoms with van der Waals surface area (Å²) in [5.74, 6) is 2.11. The zero-order valence-electron chi connectivity index (χ0n) is 16.1. The fourth-order valence-corrected chi connectivity index (χ4v) is 3.97. The molecule has 1 amide bonds. The lowest BCUT2D eigenvalue weighted by atomic mass is 10.0. The van der Waals surface area contributed by atoms with Gasteiger partial charge >= 0.3 is 0 Å². The van der Waals surface area contributed by atoms with Gasteiger partial charge in [-0.15, -0.1) is 11.3 Å². The molecule has 7 nitrogen and oxygen atoms in total. The molecule has 146 valence electrons. The summed E-state index contributed by atoms with van der Waals surface area (Å²) in [5.41, 5.74) is 2.58. The third kappa shape index (κ3) is 3.47. The van der Waals surface area contributed by atoms with Crippen LogP contribution in [0, 0.1) is 12.8 Å². The lowest BCUT2D eigenvalue weighted by Gasteiger charge is -2.12. The van der Waals surface area contributed by atoms with Gasteiger partial charge < -0.3 is 14.8 Å². The molecule has 1 aromatic carbocycles. The SMILES string of the molecule is CCC(CC)C(=O)Nc1cc(C)nn1-c1nc(-c2ccc3c(c2)OCO3)cs1. The van der Waals surface area contributed by atoms with Gasteiger partial charge in [0, 0.05) is 22.9 Å². The number of nitrogens with one attached hydrogen (secondary N) is 1. The minimum Gasteiger partial charge on any atom is -0.454 e. The third-order valence-electron chi connectivity index (χ3n) is 4.78. The number of nitrogens with zero attached hydrogens (tertiary/aromatic N) is 3. The zero-order chi connectivity index (χ0) is 19.7. The number of anilines is 1. The summed E-state index contributed by atoms with van der Waals surface area (Å²) in [4.78, 5) is 17.2. The minimum absolute atomic E-state index is 0.0101. The Kier molecular flexibility index (Phi) is 5.04. The molecule has 0 radical (unpaired) electrons. The highest BCUT2D eigenvalue weighted by atomic mass is 32.1. The van der Waals surface area contributed by atoms with Crippen LogP contribution in [-0.4, -0.2) is 27.5 Å². The first-order valence-electron chi connectivity index (χ1n) is 9.32. The van der Waals surface area contributed by atoms with Crippen LogP contribution < -0.4 is 14.8 Å². The highest BCUT2D eigenvalue weighted by Gasteiger charge is 2.19. The van der Waals surface area contributed by atoms with Crippen LogP contribution in [0.15, 0.2) is 29.6 Å². The number of carbonyl (C=O) groups is 1. The van der Waals surface area contributed by atoms with E-state index >= 15 is 0 Å². The van der Waals surface area contributed by atoms with Crippen molar-refractivity contribution in [3.05, 3.63) is 35.3 Å². The van der Waals surface area contributed by atoms with E-state index in [9.17, 15) is 4.79 Å². The molecule has 0 saturated heterocycles. The van der Waals surface area contributed by atoms with Crippen molar-refractivity contribution in [2.45, 2.75) is 33.6 Å². The van der Waals surface area contributed by atoms with E-state index in [0.717, 1.165) is 41.3 Å². The number of rotatable bonds is 6. The highest BCUT2D eigenvalue weighted by molar-refractivity contribution is 7.12. The number of hydrogen-bond acceptors (Lipinski definition) is 6. The van der Waals surface area contributed by atoms with E-state index in [1.165, 1.54) is 11.3 Å². The van der Waals surface area contributed by atoms with E-state index in [1.54, 1.807) is 4.68 Å². The van der Waals surface area contributed by atoms with Gasteiger partial charge in [0.15, 0.2) is 11.5 Å². The lowest BCUT2D eigenvalue weighted by Crippen LogP contribution is -2.23. The van der Waals surface area contributed by atoms with E-state index in [-0.39, 0.29) is 18.6 Å². The minimum atomic E-state index is -0.0101. The summed E-state index contributed by atoms with van der Waals surface area (Å²) in [6.07, 6.45) is 1.61. The smallest absolute Gasteiger partial charge is 0.231 e. The predicted molar refractivity (Wildman–Crippen MR) is 108 cm³/mol. The molecule has 0 atom stereocenters. The van der Waals surface area contributed by atoms with Crippen LogP contribution in [0.3, 0.4) is 0 Å². The molecule has 8 heteroatoms. The Balaban J connectivity index is 1.61. The van der Waals surface area contributed by atoms with Gasteiger partial charge in [0.05, 0.1) is 11.4 Å². The Bertz CT molecular complexity index is 1010. The Labute approximate surface area is 167 Å². The molecular weight excluding hydrogens is 376 g/mol. The summed E-state index contributed by atoms with van der Waals surface area (Å²) < 4.78 is 12.5. The second kappa shape index (κ2) is 7.63. The third-order valence-corrected chi connectivity index (χ3v) is 5.60. The molecule has 0 unspecified atom stereocenters. The number of aryl methyl sites for hydroxylation is 1. The lowest BCUT2D eigenvalue weighted by molar-refractivity contribution is -0.120. The van der Waals surface area contributed by atoms with Crippen LogP contribution in [0.5, 0.6) is 11.5 Å². The number of hydrogen-bond donors (Lipinski definition) is 1. The Hall–Kier alpha value is -2.87. The number of amides is 1. The Morgan fingerprint density at radius 3 is 2.82 bits per heavy atom. The van der Waals surface area contributed by atoms with Crippen molar-refractivity contribution < 1.29 is 14.3 Å². The molecule has 1 aliphatic rings. The van der Waals surface area contributed by atoms with Crippen molar-refractivity contribution in [2.24, 2.45) is 5.92 Å². The highest BCUT2D eigenvalue weighted by Crippen LogP contribution is 2.36. The van der Waals surface area contributed by atoms with Gasteiger partial charge in [0.2, 0.25) is 17.8 Å². The van der Waals surface area contributed by atoms with Crippen molar-refractivity contribution in [2.75, 3.05) is 12.1 Å². The molecule has 0 aliphatic carbocycles. The van der Waals surface area contributed by atoms with Gasteiger partial charge in [0.1, 0.15) is 5.82 Å². The molecule has 4 rings (SSSR count). The van der Waals surface area contributed by atoms with Crippen LogP contribution in [0.2, 0.25) is 0 Å². The molecule has 2 aromatic heterocycles. The van der Waals surface area contributed by atoms with Gasteiger partial charge in [0.25, 0.3) is 0 Å². The van der Waals surface area contributed by atoms with Crippen LogP contribution in [0.25, 0.3) is 16.4 Å². The van der Waals surface area contributed by atoms with E-state index in [2.05, 4.69) is 10.4 Å². The molecule has 0 fully saturated rings. The van der Waals surface area contributed by atoms with Gasteiger partial charge in [-0.25, -0.2) is 4.98 Å². The zero-order valence-corrected chi connectivity index (χ0v) is 16.9. The van der Waals surface area contributed by atoms with Gasteiger partial charge in [-0.1, -0.05) is 13.8 Å². The maximum absolute atomic E-state index is 12.5. The number of thiazole rings is 1. The van der Waals surface area contributed by atoms with Crippen LogP contribution in [0.1, 0.15) is 32.4 Å². The largest absolute Gasteiger partial charge is 0.454 e. The predicted octanol–water partition coefficient (Wildman–Crippen LogP) is 4.41. The molecule has 1 N–H and O–H groups in total. The molecule has 0 saturated carbocycles. The van der Waals surface area contributed by atoms with Crippen molar-refractivity contribution in [3.8, 4) is 27.9 Å². The maximum atomic E-state index is 12.5. The second-order valence-corrected chi connectivity index (χ2v) is 7.51. The average Bonchev–Trinajstić information content (AvgIpc) is 3.41. The summed E-state index contributed by atoms with van der Waals surface area (Å²) >= 11 is 1.47. The summed E-state index contributed by atoms with van der Waals surface area (Å²) in [6.45, 7) is 6.19. The maximum Gasteiger partial charge on any atom is 0.231 e. The first-order chi connectivity index (χ1) is 13.6. The van der Waals surface area contributed by atoms with Crippen LogP contribution in [0.4, 0.5) is 5.82 Å². The number of fused-ring (bicyclic) bond motifs is 1. The monoisotopic (exact) mass is 398 g/mol. The summed E-state index contributed by atoms with van der Waals surface area (Å²) in [5, 5.41) is 10.2. The van der Waals surface area contributed by atoms with Crippen molar-refractivity contribution in [1.82, 2.24) is 14.8 Å². The molecule has 3 heterocycles. The van der Waals surface area contributed by atoms with Crippen LogP contribution >= 0.6 is 11.3 Å². The van der Waals surface area contributed by atoms with Crippen molar-refractivity contribution >= 4 is 23.1 Å². The fraction of sp³-hybridized carbons (Fsp3) is 0.350. The molecule has 28 heavy (non-hydrogen) atoms. The molecule has 1 aliphatic heterocycles. The normalized spacial score (nSPS) is 12.6. The number of ether oxygens (including phenoxy) is 2. The summed E-state index contributed by atoms with van der Waals surface area (Å²) in [7, 11) is 0. The number of aromatic nitrogens is 3. The first kappa shape index (κ1) is 18.5. The second-order valence-electron chi connectivity index (χ2n) is 6.67. The standard InChI is InChI=1S/C20H22N4O3S/c1-4-13(5-2)19(25)22-18-8-12(3)23-24(18)20-21-15(10-28-20)14-6-7-16-17(9-14)27-11-26-16/h6-10,13H,4-5,11H2,1-3H3,(H,22,25). The Morgan fingerprint density at radius 2 is 2.04 bits per heavy atom. The van der Waals surface area contributed by atoms with Crippen LogP contribution in [-0.2, 0) is 4.79 Å². The van der Waals surface area contributed by atoms with Gasteiger partial charge in [-0.05, 0) is 38.0 Å². The molecule has 0 spiro atoms. The average molecular weight is 398 g/mol. The van der Waals surface area contributed by atoms with Crippen molar-refractivity contribution in [3.63, 3.8) is 0 Å². The van der Waals surface area contributed by atoms with E-state index in [4.69, 9.17) is 14.5 Å². The van der Waals surface area contributed by atoms with Crippen molar-refractivity contribution in [1.29, 1.82) is 0 Å². The number of carbonyl (C=O) groups excluding carboxylic acids is 1. The van der Waals surface area contributed by atoms with E-state index < -0.39 is 0 Å². The topological polar surface area (TPSA) is 78.3 Å². The number of benzene rings is 1. The van der Waals surface area contributed by atoms with Gasteiger partial charge in [-0.2, -0.15) is 9.78 Å².